The Morgan fingerprint density at radius 1 is 1.08 bits per heavy atom. The number of aromatic amines is 1. The molecule has 36 heavy (non-hydrogen) atoms. The summed E-state index contributed by atoms with van der Waals surface area (Å²) in [6.45, 7) is -0.694. The second-order valence-corrected chi connectivity index (χ2v) is 9.54. The Kier molecular flexibility index (Phi) is 6.69. The zero-order valence-electron chi connectivity index (χ0n) is 19.1. The average molecular weight is 529 g/mol. The molecule has 1 saturated heterocycles. The van der Waals surface area contributed by atoms with Crippen molar-refractivity contribution in [3.05, 3.63) is 31.4 Å². The van der Waals surface area contributed by atoms with Crippen LogP contribution < -0.4 is 33.3 Å². The van der Waals surface area contributed by atoms with E-state index in [4.69, 9.17) is 16.2 Å². The van der Waals surface area contributed by atoms with Gasteiger partial charge in [0.15, 0.2) is 12.1 Å². The quantitative estimate of drug-likeness (QED) is 0.449. The third kappa shape index (κ3) is 4.51. The van der Waals surface area contributed by atoms with Crippen LogP contribution in [0.4, 0.5) is 30.7 Å². The van der Waals surface area contributed by atoms with E-state index in [1.165, 1.54) is 16.6 Å². The highest BCUT2D eigenvalue weighted by atomic mass is 19.4. The van der Waals surface area contributed by atoms with Gasteiger partial charge in [-0.2, -0.15) is 26.3 Å². The molecule has 0 aromatic carbocycles. The summed E-state index contributed by atoms with van der Waals surface area (Å²) >= 11 is 0. The molecule has 1 saturated carbocycles. The van der Waals surface area contributed by atoms with Gasteiger partial charge in [-0.05, 0) is 37.6 Å². The van der Waals surface area contributed by atoms with Crippen molar-refractivity contribution in [1.82, 2.24) is 14.5 Å². The maximum Gasteiger partial charge on any atom is 0.400 e. The first-order valence-corrected chi connectivity index (χ1v) is 11.3. The smallest absolute Gasteiger partial charge is 0.400 e. The Bertz CT molecular complexity index is 1240. The zero-order chi connectivity index (χ0) is 26.7. The van der Waals surface area contributed by atoms with E-state index in [9.17, 15) is 35.9 Å². The lowest BCUT2D eigenvalue weighted by Crippen LogP contribution is -2.63. The molecule has 1 aromatic heterocycles. The number of fused-ring (bicyclic) bond motifs is 1. The molecule has 0 amide bonds. The van der Waals surface area contributed by atoms with Crippen molar-refractivity contribution in [2.24, 2.45) is 29.2 Å². The first-order chi connectivity index (χ1) is 16.7. The van der Waals surface area contributed by atoms with Crippen molar-refractivity contribution < 1.29 is 35.5 Å². The minimum absolute atomic E-state index is 0.0265. The van der Waals surface area contributed by atoms with E-state index in [0.717, 1.165) is 0 Å². The molecule has 8 nitrogen and oxygen atoms in total. The van der Waals surface area contributed by atoms with Gasteiger partial charge in [0.05, 0.1) is 23.4 Å². The van der Waals surface area contributed by atoms with E-state index in [0.29, 0.717) is 12.8 Å². The van der Waals surface area contributed by atoms with E-state index in [2.05, 4.69) is 4.98 Å². The van der Waals surface area contributed by atoms with Gasteiger partial charge >= 0.3 is 18.0 Å². The molecule has 15 heteroatoms. The molecule has 1 aromatic rings. The van der Waals surface area contributed by atoms with Gasteiger partial charge in [-0.15, -0.1) is 0 Å². The highest BCUT2D eigenvalue weighted by molar-refractivity contribution is 5.60. The number of nitrogens with two attached hydrogens (primary N) is 2. The van der Waals surface area contributed by atoms with Gasteiger partial charge in [-0.1, -0.05) is 0 Å². The van der Waals surface area contributed by atoms with Gasteiger partial charge in [0, 0.05) is 19.1 Å². The first kappa shape index (κ1) is 26.5. The number of hydrogen-bond acceptors (Lipinski definition) is 6. The molecule has 4 rings (SSSR count). The number of rotatable bonds is 6. The van der Waals surface area contributed by atoms with Gasteiger partial charge in [0.25, 0.3) is 5.56 Å². The molecule has 4 unspecified atom stereocenters. The molecule has 2 fully saturated rings. The lowest BCUT2D eigenvalue weighted by Gasteiger charge is -2.34. The number of hydrogen-bond donors (Lipinski definition) is 3. The van der Waals surface area contributed by atoms with Gasteiger partial charge in [0.1, 0.15) is 11.8 Å². The van der Waals surface area contributed by atoms with Gasteiger partial charge in [0.2, 0.25) is 0 Å². The van der Waals surface area contributed by atoms with E-state index in [1.807, 2.05) is 0 Å². The van der Waals surface area contributed by atoms with Crippen molar-refractivity contribution in [2.75, 3.05) is 26.7 Å². The number of halogens is 7. The Balaban J connectivity index is 1.79. The highest BCUT2D eigenvalue weighted by Crippen LogP contribution is 2.45. The Hall–Kier alpha value is -2.55. The summed E-state index contributed by atoms with van der Waals surface area (Å²) in [4.78, 5) is 28.6. The Morgan fingerprint density at radius 2 is 1.67 bits per heavy atom. The van der Waals surface area contributed by atoms with Gasteiger partial charge < -0.3 is 16.2 Å². The second kappa shape index (κ2) is 9.08. The van der Waals surface area contributed by atoms with E-state index in [-0.39, 0.29) is 42.0 Å². The molecule has 0 spiro atoms. The predicted octanol–water partition coefficient (Wildman–Crippen LogP) is 0.0509. The number of aromatic nitrogens is 2. The third-order valence-electron chi connectivity index (χ3n) is 7.27. The largest absolute Gasteiger partial charge is 0.497 e. The summed E-state index contributed by atoms with van der Waals surface area (Å²) in [6.07, 6.45) is -13.1. The standard InChI is InChI=1S/C21H26F7N5O3/c1-36-17-15-12(18(34)31-19(35)33(15)10-2-3-10)14(30)13(22)16(17)32-6-8(9(5-29)7-32)4-11(20(23,24)25)21(26,27)28/h8-11,13,16H,2-7,29-30H2,1H3,(H,31,34,35). The van der Waals surface area contributed by atoms with Crippen LogP contribution in [0.2, 0.25) is 0 Å². The summed E-state index contributed by atoms with van der Waals surface area (Å²) in [5, 5.41) is -0.302. The molecular weight excluding hydrogens is 503 g/mol. The monoisotopic (exact) mass is 529 g/mol. The van der Waals surface area contributed by atoms with Crippen molar-refractivity contribution >= 4 is 11.5 Å². The summed E-state index contributed by atoms with van der Waals surface area (Å²) in [5.74, 6) is -5.64. The molecule has 0 bridgehead atoms. The summed E-state index contributed by atoms with van der Waals surface area (Å²) in [7, 11) is 1.18. The molecule has 5 N–H and O–H groups in total. The zero-order valence-corrected chi connectivity index (χ0v) is 19.1. The number of nitrogens with one attached hydrogen (secondary N) is 1. The lowest BCUT2D eigenvalue weighted by molar-refractivity contribution is -0.288. The maximum absolute atomic E-state index is 15.7. The van der Waals surface area contributed by atoms with Crippen molar-refractivity contribution in [2.45, 2.75) is 49.9 Å². The third-order valence-corrected chi connectivity index (χ3v) is 7.27. The molecule has 3 aliphatic rings. The molecular formula is C21H26F7N5O3. The van der Waals surface area contributed by atoms with Crippen LogP contribution in [0.25, 0.3) is 11.5 Å². The number of nitrogens with zero attached hydrogens (tertiary/aromatic N) is 2. The number of alkyl halides is 7. The SMILES string of the molecule is COC1=c2c(c(=O)[nH]c(=O)n2C2CC2)=C(N)C(F)C1N1CC(CN)C(CC(C(F)(F)F)C(F)(F)F)C1. The fourth-order valence-electron chi connectivity index (χ4n) is 5.38. The average Bonchev–Trinajstić information content (AvgIpc) is 3.51. The number of likely N-dealkylation sites (tertiary alicyclic amines) is 1. The summed E-state index contributed by atoms with van der Waals surface area (Å²) < 4.78 is 102. The second-order valence-electron chi connectivity index (χ2n) is 9.54. The van der Waals surface area contributed by atoms with Crippen LogP contribution in [0.3, 0.4) is 0 Å². The van der Waals surface area contributed by atoms with Crippen LogP contribution in [0, 0.1) is 17.8 Å². The normalized spacial score (nSPS) is 27.6. The van der Waals surface area contributed by atoms with Crippen LogP contribution in [0.15, 0.2) is 9.59 Å². The summed E-state index contributed by atoms with van der Waals surface area (Å²) in [6, 6.07) is -1.66. The van der Waals surface area contributed by atoms with Crippen LogP contribution in [-0.2, 0) is 4.74 Å². The fourth-order valence-corrected chi connectivity index (χ4v) is 5.38. The molecule has 4 atom stereocenters. The molecule has 202 valence electrons. The predicted molar refractivity (Wildman–Crippen MR) is 113 cm³/mol. The minimum atomic E-state index is -5.51. The molecule has 0 radical (unpaired) electrons. The van der Waals surface area contributed by atoms with Crippen molar-refractivity contribution in [3.8, 4) is 0 Å². The minimum Gasteiger partial charge on any atom is -0.497 e. The van der Waals surface area contributed by atoms with Crippen LogP contribution >= 0.6 is 0 Å². The molecule has 1 aliphatic heterocycles. The Morgan fingerprint density at radius 3 is 2.17 bits per heavy atom. The van der Waals surface area contributed by atoms with E-state index < -0.39 is 65.7 Å². The Labute approximate surface area is 199 Å². The van der Waals surface area contributed by atoms with Crippen LogP contribution in [0.1, 0.15) is 25.3 Å². The maximum atomic E-state index is 15.7. The fraction of sp³-hybridized carbons (Fsp3) is 0.714. The van der Waals surface area contributed by atoms with Crippen molar-refractivity contribution in [1.29, 1.82) is 0 Å². The van der Waals surface area contributed by atoms with Crippen LogP contribution in [-0.4, -0.2) is 65.8 Å². The van der Waals surface area contributed by atoms with E-state index in [1.54, 1.807) is 0 Å². The summed E-state index contributed by atoms with van der Waals surface area (Å²) in [5.41, 5.74) is 9.51. The number of ether oxygens (including phenoxy) is 1. The molecule has 2 heterocycles. The van der Waals surface area contributed by atoms with E-state index >= 15 is 4.39 Å². The molecule has 2 aliphatic carbocycles. The first-order valence-electron chi connectivity index (χ1n) is 11.3. The van der Waals surface area contributed by atoms with Crippen molar-refractivity contribution in [3.63, 3.8) is 0 Å². The van der Waals surface area contributed by atoms with Gasteiger partial charge in [-0.25, -0.2) is 9.18 Å². The number of methoxy groups -OCH3 is 1. The topological polar surface area (TPSA) is 119 Å². The van der Waals surface area contributed by atoms with Crippen LogP contribution in [0.5, 0.6) is 0 Å². The van der Waals surface area contributed by atoms with Gasteiger partial charge in [-0.3, -0.25) is 19.2 Å². The highest BCUT2D eigenvalue weighted by Gasteiger charge is 2.58. The number of H-pyrrole nitrogens is 1. The lowest BCUT2D eigenvalue weighted by atomic mass is 9.86.